The van der Waals surface area contributed by atoms with Crippen LogP contribution in [0.3, 0.4) is 0 Å². The second-order valence-electron chi connectivity index (χ2n) is 7.71. The van der Waals surface area contributed by atoms with E-state index in [0.29, 0.717) is 5.92 Å². The fourth-order valence-electron chi connectivity index (χ4n) is 4.47. The first-order valence-electron chi connectivity index (χ1n) is 9.78. The number of anilines is 1. The first-order valence-corrected chi connectivity index (χ1v) is 9.78. The van der Waals surface area contributed by atoms with Gasteiger partial charge in [-0.1, -0.05) is 12.1 Å². The van der Waals surface area contributed by atoms with E-state index in [9.17, 15) is 18.0 Å². The minimum absolute atomic E-state index is 0.0523. The number of aromatic nitrogens is 1. The molecule has 0 spiro atoms. The SMILES string of the molecule is O=C(Nc1cccc(C(F)(F)F)c1)N[C@H]1C2CCN(CC2)[C@H]1Cc1cccnc1. The first kappa shape index (κ1) is 19.7. The molecule has 0 radical (unpaired) electrons. The van der Waals surface area contributed by atoms with Gasteiger partial charge in [-0.2, -0.15) is 13.2 Å². The van der Waals surface area contributed by atoms with E-state index < -0.39 is 17.8 Å². The van der Waals surface area contributed by atoms with Gasteiger partial charge in [0.15, 0.2) is 0 Å². The molecule has 2 bridgehead atoms. The highest BCUT2D eigenvalue weighted by atomic mass is 19.4. The van der Waals surface area contributed by atoms with E-state index in [4.69, 9.17) is 0 Å². The summed E-state index contributed by atoms with van der Waals surface area (Å²) in [6.07, 6.45) is 1.92. The van der Waals surface area contributed by atoms with Gasteiger partial charge in [0.25, 0.3) is 0 Å². The number of nitrogens with one attached hydrogen (secondary N) is 2. The second-order valence-corrected chi connectivity index (χ2v) is 7.71. The van der Waals surface area contributed by atoms with Gasteiger partial charge < -0.3 is 10.6 Å². The molecule has 1 aromatic heterocycles. The van der Waals surface area contributed by atoms with E-state index in [0.717, 1.165) is 50.0 Å². The van der Waals surface area contributed by atoms with Crippen molar-refractivity contribution in [2.24, 2.45) is 5.92 Å². The smallest absolute Gasteiger partial charge is 0.333 e. The largest absolute Gasteiger partial charge is 0.416 e. The number of carbonyl (C=O) groups excluding carboxylic acids is 1. The number of alkyl halides is 3. The lowest BCUT2D eigenvalue weighted by Crippen LogP contribution is -2.64. The fraction of sp³-hybridized carbons (Fsp3) is 0.429. The van der Waals surface area contributed by atoms with Crippen molar-refractivity contribution in [2.75, 3.05) is 18.4 Å². The van der Waals surface area contributed by atoms with Gasteiger partial charge in [0, 0.05) is 30.2 Å². The number of hydrogen-bond acceptors (Lipinski definition) is 3. The van der Waals surface area contributed by atoms with Gasteiger partial charge in [0.05, 0.1) is 5.56 Å². The Morgan fingerprint density at radius 2 is 1.97 bits per heavy atom. The van der Waals surface area contributed by atoms with Crippen molar-refractivity contribution >= 4 is 11.7 Å². The molecule has 29 heavy (non-hydrogen) atoms. The zero-order valence-electron chi connectivity index (χ0n) is 15.8. The average molecular weight is 404 g/mol. The van der Waals surface area contributed by atoms with Crippen molar-refractivity contribution in [3.63, 3.8) is 0 Å². The van der Waals surface area contributed by atoms with Crippen LogP contribution in [-0.2, 0) is 12.6 Å². The van der Waals surface area contributed by atoms with Crippen LogP contribution in [0.15, 0.2) is 48.8 Å². The number of piperidine rings is 3. The van der Waals surface area contributed by atoms with Crippen molar-refractivity contribution in [1.82, 2.24) is 15.2 Å². The van der Waals surface area contributed by atoms with Crippen LogP contribution in [0, 0.1) is 5.92 Å². The van der Waals surface area contributed by atoms with E-state index in [1.165, 1.54) is 12.1 Å². The third kappa shape index (κ3) is 4.53. The predicted octanol–water partition coefficient (Wildman–Crippen LogP) is 3.93. The van der Waals surface area contributed by atoms with E-state index in [-0.39, 0.29) is 17.8 Å². The summed E-state index contributed by atoms with van der Waals surface area (Å²) < 4.78 is 38.7. The summed E-state index contributed by atoms with van der Waals surface area (Å²) in [5.41, 5.74) is 0.449. The van der Waals surface area contributed by atoms with Crippen molar-refractivity contribution in [3.8, 4) is 0 Å². The lowest BCUT2D eigenvalue weighted by atomic mass is 9.77. The van der Waals surface area contributed by atoms with E-state index in [1.54, 1.807) is 6.20 Å². The Labute approximate surface area is 167 Å². The molecular formula is C21H23F3N4O. The molecule has 2 aromatic rings. The minimum atomic E-state index is -4.45. The Kier molecular flexibility index (Phi) is 5.45. The number of nitrogens with zero attached hydrogens (tertiary/aromatic N) is 2. The molecule has 8 heteroatoms. The van der Waals surface area contributed by atoms with E-state index in [2.05, 4.69) is 20.5 Å². The number of pyridine rings is 1. The van der Waals surface area contributed by atoms with Gasteiger partial charge in [-0.25, -0.2) is 4.79 Å². The second kappa shape index (κ2) is 8.02. The number of rotatable bonds is 4. The summed E-state index contributed by atoms with van der Waals surface area (Å²) in [5, 5.41) is 5.60. The molecule has 2 N–H and O–H groups in total. The average Bonchev–Trinajstić information content (AvgIpc) is 2.71. The molecule has 2 amide bonds. The normalized spacial score (nSPS) is 26.2. The van der Waals surface area contributed by atoms with Crippen LogP contribution in [0.4, 0.5) is 23.7 Å². The summed E-state index contributed by atoms with van der Waals surface area (Å²) in [4.78, 5) is 19.1. The molecule has 4 heterocycles. The molecule has 154 valence electrons. The van der Waals surface area contributed by atoms with Gasteiger partial charge in [0.2, 0.25) is 0 Å². The zero-order valence-corrected chi connectivity index (χ0v) is 15.8. The maximum atomic E-state index is 12.9. The highest BCUT2D eigenvalue weighted by molar-refractivity contribution is 5.89. The topological polar surface area (TPSA) is 57.3 Å². The highest BCUT2D eigenvalue weighted by Crippen LogP contribution is 2.34. The number of benzene rings is 1. The van der Waals surface area contributed by atoms with Crippen LogP contribution in [0.1, 0.15) is 24.0 Å². The third-order valence-electron chi connectivity index (χ3n) is 5.88. The summed E-state index contributed by atoms with van der Waals surface area (Å²) in [6, 6.07) is 8.23. The maximum Gasteiger partial charge on any atom is 0.416 e. The molecule has 3 saturated heterocycles. The van der Waals surface area contributed by atoms with Crippen LogP contribution < -0.4 is 10.6 Å². The molecule has 5 rings (SSSR count). The summed E-state index contributed by atoms with van der Waals surface area (Å²) in [7, 11) is 0. The highest BCUT2D eigenvalue weighted by Gasteiger charge is 2.42. The van der Waals surface area contributed by atoms with Crippen LogP contribution in [0.25, 0.3) is 0 Å². The third-order valence-corrected chi connectivity index (χ3v) is 5.88. The molecule has 0 unspecified atom stereocenters. The Balaban J connectivity index is 1.46. The number of urea groups is 1. The molecule has 0 aliphatic carbocycles. The Bertz CT molecular complexity index is 851. The monoisotopic (exact) mass is 404 g/mol. The summed E-state index contributed by atoms with van der Waals surface area (Å²) in [6.45, 7) is 2.01. The van der Waals surface area contributed by atoms with Gasteiger partial charge in [0.1, 0.15) is 0 Å². The van der Waals surface area contributed by atoms with Crippen molar-refractivity contribution in [1.29, 1.82) is 0 Å². The summed E-state index contributed by atoms with van der Waals surface area (Å²) >= 11 is 0. The fourth-order valence-corrected chi connectivity index (χ4v) is 4.47. The molecule has 0 saturated carbocycles. The Hall–Kier alpha value is -2.61. The molecule has 3 aliphatic heterocycles. The number of amides is 2. The van der Waals surface area contributed by atoms with Gasteiger partial charge in [-0.3, -0.25) is 9.88 Å². The molecule has 3 aliphatic rings. The number of hydrogen-bond donors (Lipinski definition) is 2. The lowest BCUT2D eigenvalue weighted by molar-refractivity contribution is -0.137. The maximum absolute atomic E-state index is 12.9. The molecule has 2 atom stereocenters. The molecule has 3 fully saturated rings. The molecule has 5 nitrogen and oxygen atoms in total. The van der Waals surface area contributed by atoms with Crippen LogP contribution >= 0.6 is 0 Å². The van der Waals surface area contributed by atoms with Gasteiger partial charge in [-0.15, -0.1) is 0 Å². The van der Waals surface area contributed by atoms with E-state index in [1.807, 2.05) is 18.3 Å². The van der Waals surface area contributed by atoms with Gasteiger partial charge >= 0.3 is 12.2 Å². The lowest BCUT2D eigenvalue weighted by Gasteiger charge is -2.51. The minimum Gasteiger partial charge on any atom is -0.333 e. The number of carbonyl (C=O) groups is 1. The zero-order chi connectivity index (χ0) is 20.4. The van der Waals surface area contributed by atoms with Gasteiger partial charge in [-0.05, 0) is 68.1 Å². The molecular weight excluding hydrogens is 381 g/mol. The summed E-state index contributed by atoms with van der Waals surface area (Å²) in [5.74, 6) is 0.369. The Morgan fingerprint density at radius 3 is 2.66 bits per heavy atom. The quantitative estimate of drug-likeness (QED) is 0.812. The first-order chi connectivity index (χ1) is 13.9. The standard InChI is InChI=1S/C21H23F3N4O/c22-21(23,24)16-4-1-5-17(12-16)26-20(29)27-19-15-6-9-28(10-7-15)18(19)11-14-3-2-8-25-13-14/h1-5,8,12-13,15,18-19H,6-7,9-11H2,(H2,26,27,29)/t18-,19-/m0/s1. The van der Waals surface area contributed by atoms with Crippen molar-refractivity contribution in [2.45, 2.75) is 37.5 Å². The number of halogens is 3. The van der Waals surface area contributed by atoms with E-state index >= 15 is 0 Å². The molecule has 1 aromatic carbocycles. The van der Waals surface area contributed by atoms with Crippen molar-refractivity contribution < 1.29 is 18.0 Å². The van der Waals surface area contributed by atoms with Crippen molar-refractivity contribution in [3.05, 3.63) is 59.9 Å². The van der Waals surface area contributed by atoms with Crippen LogP contribution in [0.5, 0.6) is 0 Å². The van der Waals surface area contributed by atoms with Crippen LogP contribution in [-0.4, -0.2) is 41.1 Å². The predicted molar refractivity (Wildman–Crippen MR) is 103 cm³/mol. The Morgan fingerprint density at radius 1 is 1.17 bits per heavy atom. The van der Waals surface area contributed by atoms with Crippen LogP contribution in [0.2, 0.25) is 0 Å². The number of fused-ring (bicyclic) bond motifs is 3.